The Balaban J connectivity index is 1.97. The van der Waals surface area contributed by atoms with Crippen molar-refractivity contribution in [2.45, 2.75) is 19.5 Å². The lowest BCUT2D eigenvalue weighted by Crippen LogP contribution is -2.42. The molecule has 0 aliphatic rings. The maximum Gasteiger partial charge on any atom is 0.254 e. The molecule has 1 atom stereocenters. The van der Waals surface area contributed by atoms with Crippen LogP contribution in [0.25, 0.3) is 10.9 Å². The van der Waals surface area contributed by atoms with Gasteiger partial charge in [-0.15, -0.1) is 0 Å². The van der Waals surface area contributed by atoms with Crippen molar-refractivity contribution in [3.8, 4) is 0 Å². The zero-order valence-corrected chi connectivity index (χ0v) is 13.4. The van der Waals surface area contributed by atoms with E-state index in [4.69, 9.17) is 5.73 Å². The number of aromatic nitrogens is 1. The summed E-state index contributed by atoms with van der Waals surface area (Å²) in [6, 6.07) is 17.0. The Bertz CT molecular complexity index is 884. The molecule has 0 aliphatic heterocycles. The van der Waals surface area contributed by atoms with Crippen LogP contribution >= 0.6 is 0 Å². The third-order valence-corrected chi connectivity index (χ3v) is 4.00. The van der Waals surface area contributed by atoms with Crippen LogP contribution in [0.15, 0.2) is 60.8 Å². The van der Waals surface area contributed by atoms with Gasteiger partial charge in [0.15, 0.2) is 0 Å². The lowest BCUT2D eigenvalue weighted by Gasteiger charge is -2.09. The van der Waals surface area contributed by atoms with Crippen molar-refractivity contribution < 1.29 is 9.59 Å². The first kappa shape index (κ1) is 15.8. The van der Waals surface area contributed by atoms with Crippen LogP contribution in [0, 0.1) is 0 Å². The van der Waals surface area contributed by atoms with E-state index in [0.717, 1.165) is 16.5 Å². The minimum atomic E-state index is -0.714. The molecule has 3 aromatic rings. The average molecular weight is 321 g/mol. The van der Waals surface area contributed by atoms with Gasteiger partial charge in [0.05, 0.1) is 5.56 Å². The number of carbonyl (C=O) groups excluding carboxylic acids is 2. The number of rotatable bonds is 5. The van der Waals surface area contributed by atoms with E-state index >= 15 is 0 Å². The molecule has 0 saturated carbocycles. The van der Waals surface area contributed by atoms with Crippen molar-refractivity contribution in [2.24, 2.45) is 5.73 Å². The topological polar surface area (TPSA) is 77.1 Å². The SMILES string of the molecule is CC(NC(=O)c1cn(Cc2ccccc2)c2ccccc12)C(N)=O. The Morgan fingerprint density at radius 1 is 1.08 bits per heavy atom. The highest BCUT2D eigenvalue weighted by atomic mass is 16.2. The van der Waals surface area contributed by atoms with Gasteiger partial charge in [0.25, 0.3) is 5.91 Å². The summed E-state index contributed by atoms with van der Waals surface area (Å²) in [5.74, 6) is -0.860. The first-order chi connectivity index (χ1) is 11.6. The van der Waals surface area contributed by atoms with Crippen molar-refractivity contribution >= 4 is 22.7 Å². The molecule has 3 N–H and O–H groups in total. The molecule has 0 saturated heterocycles. The van der Waals surface area contributed by atoms with Gasteiger partial charge in [-0.25, -0.2) is 0 Å². The fourth-order valence-corrected chi connectivity index (χ4v) is 2.68. The van der Waals surface area contributed by atoms with Gasteiger partial charge >= 0.3 is 0 Å². The Labute approximate surface area is 140 Å². The molecule has 0 fully saturated rings. The number of amides is 2. The monoisotopic (exact) mass is 321 g/mol. The fraction of sp³-hybridized carbons (Fsp3) is 0.158. The number of hydrogen-bond donors (Lipinski definition) is 2. The molecule has 0 bridgehead atoms. The third-order valence-electron chi connectivity index (χ3n) is 4.00. The van der Waals surface area contributed by atoms with Gasteiger partial charge < -0.3 is 15.6 Å². The van der Waals surface area contributed by atoms with E-state index in [9.17, 15) is 9.59 Å². The van der Waals surface area contributed by atoms with Gasteiger partial charge in [-0.3, -0.25) is 9.59 Å². The zero-order chi connectivity index (χ0) is 17.1. The molecular weight excluding hydrogens is 302 g/mol. The molecule has 0 spiro atoms. The standard InChI is InChI=1S/C19H19N3O2/c1-13(18(20)23)21-19(24)16-12-22(11-14-7-3-2-4-8-14)17-10-6-5-9-15(16)17/h2-10,12-13H,11H2,1H3,(H2,20,23)(H,21,24). The third kappa shape index (κ3) is 3.15. The van der Waals surface area contributed by atoms with E-state index in [2.05, 4.69) is 5.32 Å². The number of nitrogens with two attached hydrogens (primary N) is 1. The highest BCUT2D eigenvalue weighted by molar-refractivity contribution is 6.08. The molecule has 3 rings (SSSR count). The first-order valence-corrected chi connectivity index (χ1v) is 7.78. The lowest BCUT2D eigenvalue weighted by molar-refractivity contribution is -0.119. The Morgan fingerprint density at radius 2 is 1.75 bits per heavy atom. The molecule has 24 heavy (non-hydrogen) atoms. The maximum atomic E-state index is 12.5. The van der Waals surface area contributed by atoms with Crippen LogP contribution in [0.1, 0.15) is 22.8 Å². The maximum absolute atomic E-state index is 12.5. The van der Waals surface area contributed by atoms with Gasteiger partial charge in [-0.05, 0) is 18.6 Å². The number of nitrogens with zero attached hydrogens (tertiary/aromatic N) is 1. The minimum Gasteiger partial charge on any atom is -0.368 e. The van der Waals surface area contributed by atoms with Crippen molar-refractivity contribution in [1.29, 1.82) is 0 Å². The molecule has 2 aromatic carbocycles. The van der Waals surface area contributed by atoms with E-state index < -0.39 is 11.9 Å². The number of nitrogens with one attached hydrogen (secondary N) is 1. The van der Waals surface area contributed by atoms with Crippen molar-refractivity contribution in [1.82, 2.24) is 9.88 Å². The van der Waals surface area contributed by atoms with E-state index in [0.29, 0.717) is 12.1 Å². The summed E-state index contributed by atoms with van der Waals surface area (Å²) in [5, 5.41) is 3.49. The summed E-state index contributed by atoms with van der Waals surface area (Å²) < 4.78 is 2.04. The van der Waals surface area contributed by atoms with Crippen molar-refractivity contribution in [3.63, 3.8) is 0 Å². The van der Waals surface area contributed by atoms with Crippen LogP contribution in [0.4, 0.5) is 0 Å². The number of para-hydroxylation sites is 1. The predicted molar refractivity (Wildman–Crippen MR) is 93.6 cm³/mol. The molecule has 122 valence electrons. The number of benzene rings is 2. The smallest absolute Gasteiger partial charge is 0.254 e. The minimum absolute atomic E-state index is 0.302. The number of carbonyl (C=O) groups is 2. The van der Waals surface area contributed by atoms with Gasteiger partial charge in [0.1, 0.15) is 6.04 Å². The predicted octanol–water partition coefficient (Wildman–Crippen LogP) is 2.29. The van der Waals surface area contributed by atoms with Crippen molar-refractivity contribution in [2.75, 3.05) is 0 Å². The number of hydrogen-bond acceptors (Lipinski definition) is 2. The second-order valence-corrected chi connectivity index (χ2v) is 5.77. The summed E-state index contributed by atoms with van der Waals surface area (Å²) in [6.07, 6.45) is 1.82. The molecule has 5 heteroatoms. The molecular formula is C19H19N3O2. The Kier molecular flexibility index (Phi) is 4.33. The Morgan fingerprint density at radius 3 is 2.46 bits per heavy atom. The molecule has 1 aromatic heterocycles. The summed E-state index contributed by atoms with van der Waals surface area (Å²) >= 11 is 0. The summed E-state index contributed by atoms with van der Waals surface area (Å²) in [5.41, 5.74) is 7.88. The largest absolute Gasteiger partial charge is 0.368 e. The van der Waals surface area contributed by atoms with E-state index in [1.165, 1.54) is 0 Å². The van der Waals surface area contributed by atoms with Gasteiger partial charge in [-0.1, -0.05) is 48.5 Å². The molecule has 2 amide bonds. The van der Waals surface area contributed by atoms with Crippen molar-refractivity contribution in [3.05, 3.63) is 71.9 Å². The van der Waals surface area contributed by atoms with Crippen LogP contribution in [-0.4, -0.2) is 22.4 Å². The summed E-state index contributed by atoms with van der Waals surface area (Å²) in [6.45, 7) is 2.24. The molecule has 0 radical (unpaired) electrons. The number of fused-ring (bicyclic) bond motifs is 1. The quantitative estimate of drug-likeness (QED) is 0.756. The van der Waals surface area contributed by atoms with Crippen LogP contribution in [0.3, 0.4) is 0 Å². The lowest BCUT2D eigenvalue weighted by atomic mass is 10.1. The highest BCUT2D eigenvalue weighted by Gasteiger charge is 2.18. The first-order valence-electron chi connectivity index (χ1n) is 7.78. The average Bonchev–Trinajstić information content (AvgIpc) is 2.94. The Hall–Kier alpha value is -3.08. The highest BCUT2D eigenvalue weighted by Crippen LogP contribution is 2.22. The second kappa shape index (κ2) is 6.58. The van der Waals surface area contributed by atoms with Gasteiger partial charge in [-0.2, -0.15) is 0 Å². The molecule has 5 nitrogen and oxygen atoms in total. The van der Waals surface area contributed by atoms with Crippen LogP contribution in [0.2, 0.25) is 0 Å². The van der Waals surface area contributed by atoms with E-state index in [1.807, 2.05) is 65.4 Å². The summed E-state index contributed by atoms with van der Waals surface area (Å²) in [4.78, 5) is 23.7. The van der Waals surface area contributed by atoms with Crippen LogP contribution < -0.4 is 11.1 Å². The molecule has 1 unspecified atom stereocenters. The van der Waals surface area contributed by atoms with E-state index in [-0.39, 0.29) is 5.91 Å². The van der Waals surface area contributed by atoms with Crippen LogP contribution in [-0.2, 0) is 11.3 Å². The fourth-order valence-electron chi connectivity index (χ4n) is 2.68. The number of primary amides is 1. The molecule has 0 aliphatic carbocycles. The second-order valence-electron chi connectivity index (χ2n) is 5.77. The van der Waals surface area contributed by atoms with Crippen LogP contribution in [0.5, 0.6) is 0 Å². The van der Waals surface area contributed by atoms with E-state index in [1.54, 1.807) is 6.92 Å². The van der Waals surface area contributed by atoms with Gasteiger partial charge in [0.2, 0.25) is 5.91 Å². The molecule has 1 heterocycles. The summed E-state index contributed by atoms with van der Waals surface area (Å²) in [7, 11) is 0. The van der Waals surface area contributed by atoms with Gasteiger partial charge in [0, 0.05) is 23.6 Å². The zero-order valence-electron chi connectivity index (χ0n) is 13.4. The normalized spacial score (nSPS) is 12.0.